The molecule has 0 aliphatic rings. The quantitative estimate of drug-likeness (QED) is 0.675. The molecule has 2 atom stereocenters. The molecule has 0 spiro atoms. The van der Waals surface area contributed by atoms with Gasteiger partial charge in [-0.1, -0.05) is 42.5 Å². The molecule has 0 aromatic heterocycles. The van der Waals surface area contributed by atoms with Crippen molar-refractivity contribution in [2.24, 2.45) is 0 Å². The van der Waals surface area contributed by atoms with Crippen molar-refractivity contribution in [2.45, 2.75) is 25.7 Å². The molecule has 0 fully saturated rings. The normalized spacial score (nSPS) is 12.7. The maximum absolute atomic E-state index is 12.8. The zero-order valence-electron chi connectivity index (χ0n) is 15.3. The Kier molecular flexibility index (Phi) is 7.21. The molecule has 0 N–H and O–H groups in total. The van der Waals surface area contributed by atoms with Crippen LogP contribution in [-0.2, 0) is 19.1 Å². The number of ether oxygens (including phenoxy) is 3. The summed E-state index contributed by atoms with van der Waals surface area (Å²) in [6.07, 6.45) is 0. The molecule has 0 amide bonds. The maximum Gasteiger partial charge on any atom is 0.314 e. The molecule has 0 unspecified atom stereocenters. The monoisotopic (exact) mass is 356 g/mol. The van der Waals surface area contributed by atoms with E-state index in [4.69, 9.17) is 14.2 Å². The smallest absolute Gasteiger partial charge is 0.314 e. The minimum atomic E-state index is -0.803. The molecule has 0 radical (unpaired) electrons. The first-order chi connectivity index (χ1) is 12.6. The van der Waals surface area contributed by atoms with E-state index in [1.165, 1.54) is 0 Å². The van der Waals surface area contributed by atoms with Gasteiger partial charge in [0.15, 0.2) is 0 Å². The van der Waals surface area contributed by atoms with Gasteiger partial charge in [0.05, 0.1) is 32.2 Å². The second-order valence-corrected chi connectivity index (χ2v) is 5.64. The molecule has 0 heterocycles. The van der Waals surface area contributed by atoms with Crippen LogP contribution >= 0.6 is 0 Å². The van der Waals surface area contributed by atoms with E-state index in [-0.39, 0.29) is 13.2 Å². The van der Waals surface area contributed by atoms with Gasteiger partial charge in [-0.05, 0) is 37.1 Å². The van der Waals surface area contributed by atoms with E-state index >= 15 is 0 Å². The summed E-state index contributed by atoms with van der Waals surface area (Å²) < 4.78 is 15.7. The highest BCUT2D eigenvalue weighted by atomic mass is 16.5. The Hall–Kier alpha value is -2.82. The number of hydrogen-bond donors (Lipinski definition) is 0. The third kappa shape index (κ3) is 4.63. The number of carbonyl (C=O) groups is 2. The van der Waals surface area contributed by atoms with Gasteiger partial charge in [-0.25, -0.2) is 0 Å². The topological polar surface area (TPSA) is 61.8 Å². The highest BCUT2D eigenvalue weighted by Gasteiger charge is 2.38. The number of hydrogen-bond acceptors (Lipinski definition) is 5. The van der Waals surface area contributed by atoms with Crippen molar-refractivity contribution >= 4 is 11.9 Å². The molecular weight excluding hydrogens is 332 g/mol. The van der Waals surface area contributed by atoms with E-state index in [1.54, 1.807) is 45.2 Å². The van der Waals surface area contributed by atoms with E-state index in [9.17, 15) is 9.59 Å². The molecule has 0 saturated heterocycles. The van der Waals surface area contributed by atoms with Gasteiger partial charge < -0.3 is 14.2 Å². The molecule has 2 aromatic carbocycles. The first-order valence-corrected chi connectivity index (χ1v) is 8.64. The summed E-state index contributed by atoms with van der Waals surface area (Å²) in [5, 5.41) is 0. The van der Waals surface area contributed by atoms with Crippen molar-refractivity contribution in [1.82, 2.24) is 0 Å². The standard InChI is InChI=1S/C21H24O5/c1-4-25-20(22)18(15-9-7-6-8-10-15)19(21(23)26-5-2)16-11-13-17(24-3)14-12-16/h6-14,18-19H,4-5H2,1-3H3/t18-,19-/m1/s1. The van der Waals surface area contributed by atoms with Crippen LogP contribution in [0.3, 0.4) is 0 Å². The van der Waals surface area contributed by atoms with Crippen LogP contribution in [0.1, 0.15) is 36.8 Å². The molecule has 0 saturated carbocycles. The molecule has 5 nitrogen and oxygen atoms in total. The van der Waals surface area contributed by atoms with Gasteiger partial charge in [0, 0.05) is 0 Å². The largest absolute Gasteiger partial charge is 0.497 e. The van der Waals surface area contributed by atoms with Crippen molar-refractivity contribution in [3.63, 3.8) is 0 Å². The fourth-order valence-electron chi connectivity index (χ4n) is 2.86. The Morgan fingerprint density at radius 1 is 0.769 bits per heavy atom. The van der Waals surface area contributed by atoms with E-state index in [0.717, 1.165) is 0 Å². The first-order valence-electron chi connectivity index (χ1n) is 8.64. The lowest BCUT2D eigenvalue weighted by Crippen LogP contribution is -2.29. The zero-order chi connectivity index (χ0) is 18.9. The van der Waals surface area contributed by atoms with Crippen LogP contribution < -0.4 is 4.74 Å². The number of benzene rings is 2. The lowest BCUT2D eigenvalue weighted by Gasteiger charge is -2.25. The van der Waals surface area contributed by atoms with Crippen LogP contribution in [0.25, 0.3) is 0 Å². The molecule has 0 aliphatic carbocycles. The van der Waals surface area contributed by atoms with Crippen molar-refractivity contribution in [2.75, 3.05) is 20.3 Å². The number of carbonyl (C=O) groups excluding carboxylic acids is 2. The molecule has 0 aliphatic heterocycles. The second kappa shape index (κ2) is 9.61. The van der Waals surface area contributed by atoms with Gasteiger partial charge in [-0.2, -0.15) is 0 Å². The fraction of sp³-hybridized carbons (Fsp3) is 0.333. The Bertz CT molecular complexity index is 709. The van der Waals surface area contributed by atoms with Crippen LogP contribution in [-0.4, -0.2) is 32.3 Å². The van der Waals surface area contributed by atoms with Crippen molar-refractivity contribution < 1.29 is 23.8 Å². The molecule has 2 rings (SSSR count). The average molecular weight is 356 g/mol. The summed E-state index contributed by atoms with van der Waals surface area (Å²) in [5.74, 6) is -1.83. The Balaban J connectivity index is 2.53. The van der Waals surface area contributed by atoms with E-state index < -0.39 is 23.8 Å². The highest BCUT2D eigenvalue weighted by Crippen LogP contribution is 2.36. The van der Waals surface area contributed by atoms with Gasteiger partial charge in [0.1, 0.15) is 5.75 Å². The van der Waals surface area contributed by atoms with E-state index in [0.29, 0.717) is 16.9 Å². The van der Waals surface area contributed by atoms with Crippen molar-refractivity contribution in [3.8, 4) is 5.75 Å². The maximum atomic E-state index is 12.8. The molecule has 26 heavy (non-hydrogen) atoms. The van der Waals surface area contributed by atoms with Crippen LogP contribution in [0, 0.1) is 0 Å². The zero-order valence-corrected chi connectivity index (χ0v) is 15.3. The summed E-state index contributed by atoms with van der Waals surface area (Å²) in [6, 6.07) is 16.2. The Morgan fingerprint density at radius 2 is 1.23 bits per heavy atom. The number of methoxy groups -OCH3 is 1. The van der Waals surface area contributed by atoms with E-state index in [1.807, 2.05) is 30.3 Å². The summed E-state index contributed by atoms with van der Waals surface area (Å²) in [6.45, 7) is 3.95. The predicted octanol–water partition coefficient (Wildman–Crippen LogP) is 3.69. The van der Waals surface area contributed by atoms with E-state index in [2.05, 4.69) is 0 Å². The molecule has 2 aromatic rings. The summed E-state index contributed by atoms with van der Waals surface area (Å²) >= 11 is 0. The third-order valence-corrected chi connectivity index (χ3v) is 4.05. The van der Waals surface area contributed by atoms with Gasteiger partial charge in [0.25, 0.3) is 0 Å². The Labute approximate surface area is 153 Å². The predicted molar refractivity (Wildman–Crippen MR) is 98.2 cm³/mol. The van der Waals surface area contributed by atoms with Crippen LogP contribution in [0.2, 0.25) is 0 Å². The molecule has 0 bridgehead atoms. The van der Waals surface area contributed by atoms with Gasteiger partial charge in [-0.15, -0.1) is 0 Å². The minimum Gasteiger partial charge on any atom is -0.497 e. The summed E-state index contributed by atoms with van der Waals surface area (Å²) in [5.41, 5.74) is 1.38. The second-order valence-electron chi connectivity index (χ2n) is 5.64. The summed E-state index contributed by atoms with van der Waals surface area (Å²) in [4.78, 5) is 25.5. The van der Waals surface area contributed by atoms with Gasteiger partial charge in [-0.3, -0.25) is 9.59 Å². The van der Waals surface area contributed by atoms with Crippen LogP contribution in [0.4, 0.5) is 0 Å². The van der Waals surface area contributed by atoms with Crippen molar-refractivity contribution in [3.05, 3.63) is 65.7 Å². The van der Waals surface area contributed by atoms with Gasteiger partial charge >= 0.3 is 11.9 Å². The lowest BCUT2D eigenvalue weighted by molar-refractivity contribution is -0.153. The lowest BCUT2D eigenvalue weighted by atomic mass is 9.81. The van der Waals surface area contributed by atoms with Crippen molar-refractivity contribution in [1.29, 1.82) is 0 Å². The van der Waals surface area contributed by atoms with Crippen LogP contribution in [0.15, 0.2) is 54.6 Å². The number of esters is 2. The number of rotatable bonds is 8. The Morgan fingerprint density at radius 3 is 1.65 bits per heavy atom. The van der Waals surface area contributed by atoms with Crippen LogP contribution in [0.5, 0.6) is 5.75 Å². The molecule has 5 heteroatoms. The summed E-state index contributed by atoms with van der Waals surface area (Å²) in [7, 11) is 1.57. The minimum absolute atomic E-state index is 0.232. The fourth-order valence-corrected chi connectivity index (χ4v) is 2.86. The molecule has 138 valence electrons. The molecular formula is C21H24O5. The average Bonchev–Trinajstić information content (AvgIpc) is 2.67. The third-order valence-electron chi connectivity index (χ3n) is 4.05. The van der Waals surface area contributed by atoms with Gasteiger partial charge in [0.2, 0.25) is 0 Å². The SMILES string of the molecule is CCOC(=O)[C@H](c1ccccc1)[C@H](C(=O)OCC)c1ccc(OC)cc1. The first kappa shape index (κ1) is 19.5. The highest BCUT2D eigenvalue weighted by molar-refractivity contribution is 5.90.